The van der Waals surface area contributed by atoms with E-state index in [-0.39, 0.29) is 17.5 Å². The van der Waals surface area contributed by atoms with Crippen molar-refractivity contribution in [1.29, 1.82) is 0 Å². The number of oxazole rings is 1. The summed E-state index contributed by atoms with van der Waals surface area (Å²) in [6.07, 6.45) is 0.581. The third-order valence-electron chi connectivity index (χ3n) is 1.79. The summed E-state index contributed by atoms with van der Waals surface area (Å²) in [5.74, 6) is -1.97. The molecule has 1 aromatic heterocycles. The van der Waals surface area contributed by atoms with E-state index < -0.39 is 11.8 Å². The van der Waals surface area contributed by atoms with Crippen LogP contribution in [-0.2, 0) is 0 Å². The maximum atomic E-state index is 13.4. The van der Waals surface area contributed by atoms with Crippen LogP contribution in [0.5, 0.6) is 11.8 Å². The second kappa shape index (κ2) is 4.54. The maximum Gasteiger partial charge on any atom is 0.400 e. The quantitative estimate of drug-likeness (QED) is 0.943. The van der Waals surface area contributed by atoms with Gasteiger partial charge in [-0.2, -0.15) is 4.98 Å². The average molecular weight is 302 g/mol. The fraction of sp³-hybridized carbons (Fsp3) is 0. The molecule has 5 nitrogen and oxygen atoms in total. The molecule has 0 amide bonds. The number of carboxylic acid groups (broad SMARTS) is 1. The van der Waals surface area contributed by atoms with Crippen LogP contribution in [0.15, 0.2) is 33.4 Å². The molecule has 0 fully saturated rings. The summed E-state index contributed by atoms with van der Waals surface area (Å²) in [7, 11) is 0. The molecule has 0 aliphatic heterocycles. The summed E-state index contributed by atoms with van der Waals surface area (Å²) in [5, 5.41) is 8.60. The smallest absolute Gasteiger partial charge is 0.400 e. The molecule has 0 aliphatic rings. The minimum atomic E-state index is -1.25. The molecule has 2 rings (SSSR count). The largest absolute Gasteiger partial charge is 0.476 e. The normalized spacial score (nSPS) is 10.2. The highest BCUT2D eigenvalue weighted by molar-refractivity contribution is 9.10. The Balaban J connectivity index is 2.22. The number of aromatic nitrogens is 1. The zero-order valence-corrected chi connectivity index (χ0v) is 9.77. The second-order valence-electron chi connectivity index (χ2n) is 2.98. The first-order chi connectivity index (χ1) is 8.06. The van der Waals surface area contributed by atoms with Gasteiger partial charge in [0.05, 0.1) is 0 Å². The van der Waals surface area contributed by atoms with E-state index in [1.165, 1.54) is 12.1 Å². The summed E-state index contributed by atoms with van der Waals surface area (Å²) in [5.41, 5.74) is -0.308. The van der Waals surface area contributed by atoms with E-state index in [4.69, 9.17) is 14.3 Å². The van der Waals surface area contributed by atoms with Crippen molar-refractivity contribution in [3.8, 4) is 11.8 Å². The molecule has 0 aliphatic carbocycles. The number of carboxylic acids is 1. The van der Waals surface area contributed by atoms with Crippen molar-refractivity contribution in [1.82, 2.24) is 4.98 Å². The molecule has 0 radical (unpaired) electrons. The van der Waals surface area contributed by atoms with E-state index in [2.05, 4.69) is 20.9 Å². The van der Waals surface area contributed by atoms with Gasteiger partial charge in [0.1, 0.15) is 6.26 Å². The van der Waals surface area contributed by atoms with Gasteiger partial charge in [-0.1, -0.05) is 15.9 Å². The van der Waals surface area contributed by atoms with Crippen molar-refractivity contribution in [2.24, 2.45) is 0 Å². The number of rotatable bonds is 3. The van der Waals surface area contributed by atoms with E-state index >= 15 is 0 Å². The molecule has 0 bridgehead atoms. The number of carbonyl (C=O) groups is 1. The van der Waals surface area contributed by atoms with Crippen molar-refractivity contribution in [3.63, 3.8) is 0 Å². The number of aromatic carboxylic acids is 1. The summed E-state index contributed by atoms with van der Waals surface area (Å²) in [6, 6.07) is 4.14. The van der Waals surface area contributed by atoms with Crippen molar-refractivity contribution in [2.75, 3.05) is 0 Å². The van der Waals surface area contributed by atoms with Crippen molar-refractivity contribution >= 4 is 21.9 Å². The third kappa shape index (κ3) is 2.62. The minimum absolute atomic E-state index is 0.105. The molecule has 7 heteroatoms. The van der Waals surface area contributed by atoms with Crippen LogP contribution >= 0.6 is 15.9 Å². The first-order valence-electron chi connectivity index (χ1n) is 4.38. The molecule has 0 atom stereocenters. The van der Waals surface area contributed by atoms with Crippen molar-refractivity contribution in [2.45, 2.75) is 0 Å². The van der Waals surface area contributed by atoms with Gasteiger partial charge in [0, 0.05) is 4.47 Å². The lowest BCUT2D eigenvalue weighted by atomic mass is 10.3. The summed E-state index contributed by atoms with van der Waals surface area (Å²) < 4.78 is 23.6. The lowest BCUT2D eigenvalue weighted by molar-refractivity contribution is 0.0690. The Morgan fingerprint density at radius 2 is 2.29 bits per heavy atom. The molecule has 0 saturated carbocycles. The first-order valence-corrected chi connectivity index (χ1v) is 5.17. The number of hydrogen-bond donors (Lipinski definition) is 1. The van der Waals surface area contributed by atoms with Crippen LogP contribution in [0.1, 0.15) is 10.5 Å². The fourth-order valence-electron chi connectivity index (χ4n) is 1.05. The van der Waals surface area contributed by atoms with Gasteiger partial charge in [-0.15, -0.1) is 0 Å². The lowest BCUT2D eigenvalue weighted by Gasteiger charge is -2.01. The van der Waals surface area contributed by atoms with E-state index in [1.54, 1.807) is 6.07 Å². The Morgan fingerprint density at radius 3 is 2.88 bits per heavy atom. The average Bonchev–Trinajstić information content (AvgIpc) is 2.71. The van der Waals surface area contributed by atoms with Gasteiger partial charge in [-0.25, -0.2) is 9.18 Å². The van der Waals surface area contributed by atoms with Crippen LogP contribution in [0.4, 0.5) is 4.39 Å². The minimum Gasteiger partial charge on any atom is -0.476 e. The lowest BCUT2D eigenvalue weighted by Crippen LogP contribution is -1.96. The van der Waals surface area contributed by atoms with Gasteiger partial charge in [-0.3, -0.25) is 0 Å². The number of nitrogens with zero attached hydrogens (tertiary/aromatic N) is 1. The van der Waals surface area contributed by atoms with Crippen LogP contribution in [0.3, 0.4) is 0 Å². The Kier molecular flexibility index (Phi) is 3.10. The predicted octanol–water partition coefficient (Wildman–Crippen LogP) is 3.07. The van der Waals surface area contributed by atoms with Crippen LogP contribution in [-0.4, -0.2) is 16.1 Å². The van der Waals surface area contributed by atoms with Gasteiger partial charge < -0.3 is 14.3 Å². The maximum absolute atomic E-state index is 13.4. The zero-order chi connectivity index (χ0) is 12.4. The Labute approximate surface area is 103 Å². The molecular formula is C10H5BrFNO4. The van der Waals surface area contributed by atoms with E-state index in [0.717, 1.165) is 6.26 Å². The van der Waals surface area contributed by atoms with Gasteiger partial charge in [0.15, 0.2) is 17.3 Å². The zero-order valence-electron chi connectivity index (χ0n) is 8.18. The number of ether oxygens (including phenoxy) is 1. The molecule has 0 unspecified atom stereocenters. The summed E-state index contributed by atoms with van der Waals surface area (Å²) in [4.78, 5) is 14.0. The number of hydrogen-bond acceptors (Lipinski definition) is 4. The van der Waals surface area contributed by atoms with Crippen LogP contribution in [0.25, 0.3) is 0 Å². The van der Waals surface area contributed by atoms with E-state index in [9.17, 15) is 9.18 Å². The van der Waals surface area contributed by atoms with E-state index in [0.29, 0.717) is 4.47 Å². The predicted molar refractivity (Wildman–Crippen MR) is 57.6 cm³/mol. The molecular weight excluding hydrogens is 297 g/mol. The molecule has 1 N–H and O–H groups in total. The topological polar surface area (TPSA) is 72.6 Å². The Hall–Kier alpha value is -1.89. The number of benzene rings is 1. The highest BCUT2D eigenvalue weighted by atomic mass is 79.9. The van der Waals surface area contributed by atoms with Crippen molar-refractivity contribution in [3.05, 3.63) is 40.4 Å². The van der Waals surface area contributed by atoms with E-state index in [1.807, 2.05) is 0 Å². The van der Waals surface area contributed by atoms with Crippen molar-refractivity contribution < 1.29 is 23.4 Å². The summed E-state index contributed by atoms with van der Waals surface area (Å²) in [6.45, 7) is 0. The molecule has 88 valence electrons. The molecule has 17 heavy (non-hydrogen) atoms. The second-order valence-corrected chi connectivity index (χ2v) is 3.90. The fourth-order valence-corrected chi connectivity index (χ4v) is 1.39. The monoisotopic (exact) mass is 301 g/mol. The standard InChI is InChI=1S/C10H5BrFNO4/c11-5-1-2-8(6(12)3-5)17-10-13-7(4-16-10)9(14)15/h1-4H,(H,14,15). The first kappa shape index (κ1) is 11.6. The molecule has 0 saturated heterocycles. The molecule has 1 aromatic carbocycles. The SMILES string of the molecule is O=C(O)c1coc(Oc2ccc(Br)cc2F)n1. The molecule has 2 aromatic rings. The van der Waals surface area contributed by atoms with Crippen LogP contribution in [0.2, 0.25) is 0 Å². The highest BCUT2D eigenvalue weighted by Crippen LogP contribution is 2.26. The van der Waals surface area contributed by atoms with Crippen LogP contribution in [0, 0.1) is 5.82 Å². The third-order valence-corrected chi connectivity index (χ3v) is 2.29. The Morgan fingerprint density at radius 1 is 1.53 bits per heavy atom. The molecule has 0 spiro atoms. The van der Waals surface area contributed by atoms with Gasteiger partial charge in [0.2, 0.25) is 0 Å². The summed E-state index contributed by atoms with van der Waals surface area (Å²) >= 11 is 3.09. The molecule has 1 heterocycles. The number of halogens is 2. The van der Waals surface area contributed by atoms with Gasteiger partial charge in [-0.05, 0) is 18.2 Å². The Bertz CT molecular complexity index is 569. The van der Waals surface area contributed by atoms with Gasteiger partial charge >= 0.3 is 12.0 Å². The van der Waals surface area contributed by atoms with Crippen LogP contribution < -0.4 is 4.74 Å². The highest BCUT2D eigenvalue weighted by Gasteiger charge is 2.13. The van der Waals surface area contributed by atoms with Gasteiger partial charge in [0.25, 0.3) is 0 Å².